The number of nitrogen functional groups attached to an aromatic ring is 1. The van der Waals surface area contributed by atoms with Gasteiger partial charge in [0, 0.05) is 11.6 Å². The van der Waals surface area contributed by atoms with Crippen molar-refractivity contribution in [2.75, 3.05) is 20.0 Å². The van der Waals surface area contributed by atoms with Gasteiger partial charge in [-0.15, -0.1) is 0 Å². The quantitative estimate of drug-likeness (QED) is 0.897. The third-order valence-electron chi connectivity index (χ3n) is 2.66. The second-order valence-electron chi connectivity index (χ2n) is 3.83. The van der Waals surface area contributed by atoms with Gasteiger partial charge in [-0.2, -0.15) is 5.10 Å². The molecular weight excluding hydrogens is 254 g/mol. The molecule has 1 aromatic heterocycles. The second kappa shape index (κ2) is 4.78. The van der Waals surface area contributed by atoms with E-state index in [1.54, 1.807) is 20.3 Å². The minimum atomic E-state index is 0.414. The van der Waals surface area contributed by atoms with Crippen molar-refractivity contribution in [1.29, 1.82) is 0 Å². The van der Waals surface area contributed by atoms with E-state index in [4.69, 9.17) is 26.8 Å². The number of halogens is 1. The van der Waals surface area contributed by atoms with Crippen molar-refractivity contribution in [2.24, 2.45) is 0 Å². The Bertz CT molecular complexity index is 581. The smallest absolute Gasteiger partial charge is 0.150 e. The summed E-state index contributed by atoms with van der Waals surface area (Å²) >= 11 is 6.26. The van der Waals surface area contributed by atoms with Gasteiger partial charge in [0.15, 0.2) is 5.75 Å². The lowest BCUT2D eigenvalue weighted by molar-refractivity contribution is 0.393. The van der Waals surface area contributed by atoms with Gasteiger partial charge in [0.05, 0.1) is 19.9 Å². The maximum Gasteiger partial charge on any atom is 0.150 e. The zero-order chi connectivity index (χ0) is 13.3. The van der Waals surface area contributed by atoms with Gasteiger partial charge in [-0.1, -0.05) is 11.6 Å². The van der Waals surface area contributed by atoms with Gasteiger partial charge in [0.25, 0.3) is 0 Å². The van der Waals surface area contributed by atoms with Crippen molar-refractivity contribution < 1.29 is 9.47 Å². The summed E-state index contributed by atoms with van der Waals surface area (Å²) in [6.45, 7) is 1.91. The molecule has 0 saturated heterocycles. The van der Waals surface area contributed by atoms with Gasteiger partial charge >= 0.3 is 0 Å². The van der Waals surface area contributed by atoms with Crippen LogP contribution in [0, 0.1) is 6.92 Å². The van der Waals surface area contributed by atoms with Gasteiger partial charge in [0.2, 0.25) is 0 Å². The first-order valence-corrected chi connectivity index (χ1v) is 5.68. The number of aryl methyl sites for hydroxylation is 1. The summed E-state index contributed by atoms with van der Waals surface area (Å²) in [6.07, 6.45) is 0. The van der Waals surface area contributed by atoms with Gasteiger partial charge < -0.3 is 15.2 Å². The molecule has 18 heavy (non-hydrogen) atoms. The van der Waals surface area contributed by atoms with E-state index in [9.17, 15) is 0 Å². The Kier molecular flexibility index (Phi) is 3.34. The lowest BCUT2D eigenvalue weighted by Crippen LogP contribution is -1.95. The number of benzene rings is 1. The maximum atomic E-state index is 6.26. The topological polar surface area (TPSA) is 73.2 Å². The third-order valence-corrected chi connectivity index (χ3v) is 3.00. The Labute approximate surface area is 110 Å². The molecule has 1 aromatic carbocycles. The SMILES string of the molecule is COc1c(C)cc(-c2cc(N)n[nH]2)c(OC)c1Cl. The number of nitrogens with zero attached hydrogens (tertiary/aromatic N) is 1. The summed E-state index contributed by atoms with van der Waals surface area (Å²) in [5.74, 6) is 1.55. The Morgan fingerprint density at radius 3 is 2.39 bits per heavy atom. The molecule has 1 heterocycles. The summed E-state index contributed by atoms with van der Waals surface area (Å²) in [6, 6.07) is 3.64. The fraction of sp³-hybridized carbons (Fsp3) is 0.250. The van der Waals surface area contributed by atoms with Gasteiger partial charge in [-0.25, -0.2) is 0 Å². The molecule has 0 fully saturated rings. The Balaban J connectivity index is 2.68. The molecule has 2 rings (SSSR count). The second-order valence-corrected chi connectivity index (χ2v) is 4.21. The number of methoxy groups -OCH3 is 2. The minimum absolute atomic E-state index is 0.414. The highest BCUT2D eigenvalue weighted by atomic mass is 35.5. The van der Waals surface area contributed by atoms with Crippen LogP contribution in [0.1, 0.15) is 5.56 Å². The normalized spacial score (nSPS) is 10.4. The zero-order valence-electron chi connectivity index (χ0n) is 10.4. The number of aromatic amines is 1. The molecule has 0 bridgehead atoms. The number of hydrogen-bond donors (Lipinski definition) is 2. The van der Waals surface area contributed by atoms with E-state index in [0.29, 0.717) is 22.3 Å². The van der Waals surface area contributed by atoms with Crippen molar-refractivity contribution in [3.8, 4) is 22.8 Å². The van der Waals surface area contributed by atoms with Crippen LogP contribution in [0.5, 0.6) is 11.5 Å². The van der Waals surface area contributed by atoms with Crippen LogP contribution in [0.2, 0.25) is 5.02 Å². The molecule has 0 aliphatic carbocycles. The van der Waals surface area contributed by atoms with Crippen LogP contribution in [0.25, 0.3) is 11.3 Å². The fourth-order valence-electron chi connectivity index (χ4n) is 1.87. The molecule has 0 saturated carbocycles. The molecule has 96 valence electrons. The fourth-order valence-corrected chi connectivity index (χ4v) is 2.27. The highest BCUT2D eigenvalue weighted by Gasteiger charge is 2.18. The van der Waals surface area contributed by atoms with Crippen LogP contribution >= 0.6 is 11.6 Å². The largest absolute Gasteiger partial charge is 0.495 e. The first kappa shape index (κ1) is 12.6. The standard InChI is InChI=1S/C12H14ClN3O2/c1-6-4-7(8-5-9(14)16-15-8)12(18-3)10(13)11(6)17-2/h4-5H,1-3H3,(H3,14,15,16). The first-order chi connectivity index (χ1) is 8.58. The zero-order valence-corrected chi connectivity index (χ0v) is 11.1. The molecule has 0 aliphatic rings. The number of H-pyrrole nitrogens is 1. The van der Waals surface area contributed by atoms with Gasteiger partial charge in [0.1, 0.15) is 16.6 Å². The molecule has 6 heteroatoms. The van der Waals surface area contributed by atoms with E-state index >= 15 is 0 Å². The van der Waals surface area contributed by atoms with E-state index < -0.39 is 0 Å². The predicted octanol–water partition coefficient (Wildman–Crippen LogP) is 2.64. The van der Waals surface area contributed by atoms with E-state index in [1.165, 1.54) is 0 Å². The highest BCUT2D eigenvalue weighted by molar-refractivity contribution is 6.34. The van der Waals surface area contributed by atoms with Crippen LogP contribution < -0.4 is 15.2 Å². The number of anilines is 1. The number of hydrogen-bond acceptors (Lipinski definition) is 4. The number of rotatable bonds is 3. The molecule has 0 aliphatic heterocycles. The van der Waals surface area contributed by atoms with Crippen molar-refractivity contribution in [3.63, 3.8) is 0 Å². The molecule has 0 spiro atoms. The minimum Gasteiger partial charge on any atom is -0.495 e. The summed E-state index contributed by atoms with van der Waals surface area (Å²) < 4.78 is 10.6. The monoisotopic (exact) mass is 267 g/mol. The number of ether oxygens (including phenoxy) is 2. The summed E-state index contributed by atoms with van der Waals surface area (Å²) in [7, 11) is 3.13. The first-order valence-electron chi connectivity index (χ1n) is 5.30. The number of nitrogens with two attached hydrogens (primary N) is 1. The van der Waals surface area contributed by atoms with E-state index in [-0.39, 0.29) is 0 Å². The van der Waals surface area contributed by atoms with Crippen LogP contribution in [0.3, 0.4) is 0 Å². The van der Waals surface area contributed by atoms with E-state index in [2.05, 4.69) is 10.2 Å². The maximum absolute atomic E-state index is 6.26. The molecule has 0 atom stereocenters. The average molecular weight is 268 g/mol. The van der Waals surface area contributed by atoms with E-state index in [0.717, 1.165) is 16.8 Å². The van der Waals surface area contributed by atoms with Gasteiger partial charge in [-0.05, 0) is 18.6 Å². The molecule has 5 nitrogen and oxygen atoms in total. The molecule has 3 N–H and O–H groups in total. The lowest BCUT2D eigenvalue weighted by atomic mass is 10.1. The molecular formula is C12H14ClN3O2. The number of nitrogens with one attached hydrogen (secondary N) is 1. The Morgan fingerprint density at radius 1 is 1.22 bits per heavy atom. The van der Waals surface area contributed by atoms with Crippen molar-refractivity contribution in [3.05, 3.63) is 22.7 Å². The number of aromatic nitrogens is 2. The summed E-state index contributed by atoms with van der Waals surface area (Å²) in [4.78, 5) is 0. The summed E-state index contributed by atoms with van der Waals surface area (Å²) in [5, 5.41) is 7.16. The van der Waals surface area contributed by atoms with Crippen molar-refractivity contribution >= 4 is 17.4 Å². The Morgan fingerprint density at radius 2 is 1.89 bits per heavy atom. The van der Waals surface area contributed by atoms with Crippen LogP contribution in [0.4, 0.5) is 5.82 Å². The highest BCUT2D eigenvalue weighted by Crippen LogP contribution is 2.43. The predicted molar refractivity (Wildman–Crippen MR) is 71.3 cm³/mol. The molecule has 2 aromatic rings. The Hall–Kier alpha value is -1.88. The van der Waals surface area contributed by atoms with Gasteiger partial charge in [-0.3, -0.25) is 5.10 Å². The van der Waals surface area contributed by atoms with Crippen LogP contribution in [-0.2, 0) is 0 Å². The van der Waals surface area contributed by atoms with Crippen LogP contribution in [-0.4, -0.2) is 24.4 Å². The summed E-state index contributed by atoms with van der Waals surface area (Å²) in [5.41, 5.74) is 8.05. The van der Waals surface area contributed by atoms with E-state index in [1.807, 2.05) is 13.0 Å². The average Bonchev–Trinajstić information content (AvgIpc) is 2.75. The van der Waals surface area contributed by atoms with Crippen molar-refractivity contribution in [2.45, 2.75) is 6.92 Å². The third kappa shape index (κ3) is 1.97. The lowest BCUT2D eigenvalue weighted by Gasteiger charge is -2.14. The molecule has 0 unspecified atom stereocenters. The van der Waals surface area contributed by atoms with Crippen LogP contribution in [0.15, 0.2) is 12.1 Å². The molecule has 0 amide bonds. The van der Waals surface area contributed by atoms with Crippen molar-refractivity contribution in [1.82, 2.24) is 10.2 Å². The molecule has 0 radical (unpaired) electrons.